The number of carbonyl (C=O) groups excluding carboxylic acids is 1. The Bertz CT molecular complexity index is 282. The molecule has 0 saturated carbocycles. The smallest absolute Gasteiger partial charge is 0.239 e. The number of piperidine rings is 2. The van der Waals surface area contributed by atoms with Gasteiger partial charge in [0, 0.05) is 13.1 Å². The minimum atomic E-state index is 0.0997. The van der Waals surface area contributed by atoms with Gasteiger partial charge in [0.2, 0.25) is 5.91 Å². The van der Waals surface area contributed by atoms with E-state index in [2.05, 4.69) is 24.1 Å². The fraction of sp³-hybridized carbons (Fsp3) is 0.933. The van der Waals surface area contributed by atoms with Crippen molar-refractivity contribution < 1.29 is 4.79 Å². The van der Waals surface area contributed by atoms with Crippen LogP contribution in [0.25, 0.3) is 0 Å². The summed E-state index contributed by atoms with van der Waals surface area (Å²) in [6.45, 7) is 7.55. The molecule has 3 nitrogen and oxygen atoms in total. The summed E-state index contributed by atoms with van der Waals surface area (Å²) in [4.78, 5) is 14.6. The Kier molecular flexibility index (Phi) is 4.66. The highest BCUT2D eigenvalue weighted by molar-refractivity contribution is 5.82. The maximum absolute atomic E-state index is 12.5. The second-order valence-corrected chi connectivity index (χ2v) is 6.43. The first-order valence-electron chi connectivity index (χ1n) is 7.67. The molecule has 2 atom stereocenters. The predicted molar refractivity (Wildman–Crippen MR) is 74.5 cm³/mol. The van der Waals surface area contributed by atoms with Crippen molar-refractivity contribution in [2.24, 2.45) is 5.41 Å². The molecule has 2 saturated heterocycles. The Labute approximate surface area is 111 Å². The van der Waals surface area contributed by atoms with Gasteiger partial charge in [0.05, 0.1) is 6.04 Å². The van der Waals surface area contributed by atoms with E-state index in [9.17, 15) is 4.79 Å². The van der Waals surface area contributed by atoms with Gasteiger partial charge in [-0.25, -0.2) is 0 Å². The molecule has 104 valence electrons. The van der Waals surface area contributed by atoms with E-state index in [1.807, 2.05) is 0 Å². The molecule has 0 aromatic rings. The van der Waals surface area contributed by atoms with Crippen molar-refractivity contribution in [1.29, 1.82) is 0 Å². The van der Waals surface area contributed by atoms with Crippen LogP contribution in [0.5, 0.6) is 0 Å². The van der Waals surface area contributed by atoms with E-state index in [1.54, 1.807) is 0 Å². The summed E-state index contributed by atoms with van der Waals surface area (Å²) in [5.41, 5.74) is 0.358. The summed E-state index contributed by atoms with van der Waals surface area (Å²) in [6, 6.07) is 0.0997. The fourth-order valence-corrected chi connectivity index (χ4v) is 3.59. The third kappa shape index (κ3) is 3.25. The molecule has 18 heavy (non-hydrogen) atoms. The fourth-order valence-electron chi connectivity index (χ4n) is 3.59. The number of likely N-dealkylation sites (tertiary alicyclic amines) is 1. The lowest BCUT2D eigenvalue weighted by molar-refractivity contribution is -0.137. The first kappa shape index (κ1) is 13.9. The zero-order valence-corrected chi connectivity index (χ0v) is 12.0. The van der Waals surface area contributed by atoms with Crippen molar-refractivity contribution in [2.75, 3.05) is 19.6 Å². The normalized spacial score (nSPS) is 33.4. The van der Waals surface area contributed by atoms with Crippen molar-refractivity contribution in [3.8, 4) is 0 Å². The molecule has 3 heteroatoms. The number of nitrogens with zero attached hydrogens (tertiary/aromatic N) is 1. The zero-order valence-electron chi connectivity index (χ0n) is 12.0. The molecule has 2 unspecified atom stereocenters. The quantitative estimate of drug-likeness (QED) is 0.837. The summed E-state index contributed by atoms with van der Waals surface area (Å²) >= 11 is 0. The van der Waals surface area contributed by atoms with Gasteiger partial charge in [-0.15, -0.1) is 0 Å². The van der Waals surface area contributed by atoms with Crippen molar-refractivity contribution in [3.63, 3.8) is 0 Å². The van der Waals surface area contributed by atoms with E-state index in [4.69, 9.17) is 0 Å². The zero-order chi connectivity index (χ0) is 13.0. The maximum atomic E-state index is 12.5. The van der Waals surface area contributed by atoms with E-state index in [0.717, 1.165) is 26.1 Å². The van der Waals surface area contributed by atoms with Crippen LogP contribution >= 0.6 is 0 Å². The van der Waals surface area contributed by atoms with Gasteiger partial charge in [0.25, 0.3) is 0 Å². The van der Waals surface area contributed by atoms with E-state index < -0.39 is 0 Å². The van der Waals surface area contributed by atoms with Gasteiger partial charge in [0.15, 0.2) is 0 Å². The average Bonchev–Trinajstić information content (AvgIpc) is 2.39. The van der Waals surface area contributed by atoms with Crippen LogP contribution in [-0.4, -0.2) is 36.5 Å². The minimum Gasteiger partial charge on any atom is -0.341 e. The summed E-state index contributed by atoms with van der Waals surface area (Å²) in [5, 5.41) is 3.38. The lowest BCUT2D eigenvalue weighted by Gasteiger charge is -2.42. The molecule has 0 aromatic carbocycles. The van der Waals surface area contributed by atoms with Crippen LogP contribution < -0.4 is 5.32 Å². The largest absolute Gasteiger partial charge is 0.341 e. The SMILES string of the molecule is CCCC1(C)CCCN(C(=O)C2CCCCN2)C1. The third-order valence-corrected chi connectivity index (χ3v) is 4.55. The summed E-state index contributed by atoms with van der Waals surface area (Å²) in [7, 11) is 0. The van der Waals surface area contributed by atoms with E-state index in [1.165, 1.54) is 38.5 Å². The molecule has 1 N–H and O–H groups in total. The molecule has 2 aliphatic heterocycles. The molecule has 0 radical (unpaired) electrons. The molecular formula is C15H28N2O. The van der Waals surface area contributed by atoms with Gasteiger partial charge in [-0.05, 0) is 44.1 Å². The Morgan fingerprint density at radius 2 is 2.22 bits per heavy atom. The van der Waals surface area contributed by atoms with Crippen molar-refractivity contribution >= 4 is 5.91 Å². The molecule has 2 rings (SSSR count). The number of rotatable bonds is 3. The lowest BCUT2D eigenvalue weighted by Crippen LogP contribution is -2.53. The molecule has 0 aromatic heterocycles. The number of amides is 1. The molecule has 0 bridgehead atoms. The van der Waals surface area contributed by atoms with Crippen molar-refractivity contribution in [3.05, 3.63) is 0 Å². The molecular weight excluding hydrogens is 224 g/mol. The van der Waals surface area contributed by atoms with Crippen molar-refractivity contribution in [1.82, 2.24) is 10.2 Å². The Balaban J connectivity index is 1.93. The molecule has 0 spiro atoms. The van der Waals surface area contributed by atoms with Crippen LogP contribution in [0.1, 0.15) is 58.8 Å². The number of hydrogen-bond donors (Lipinski definition) is 1. The number of carbonyl (C=O) groups is 1. The third-order valence-electron chi connectivity index (χ3n) is 4.55. The van der Waals surface area contributed by atoms with Crippen LogP contribution in [0.4, 0.5) is 0 Å². The topological polar surface area (TPSA) is 32.3 Å². The Morgan fingerprint density at radius 3 is 2.89 bits per heavy atom. The first-order chi connectivity index (χ1) is 8.64. The van der Waals surface area contributed by atoms with Gasteiger partial charge in [-0.3, -0.25) is 4.79 Å². The van der Waals surface area contributed by atoms with Gasteiger partial charge in [-0.2, -0.15) is 0 Å². The second-order valence-electron chi connectivity index (χ2n) is 6.43. The molecule has 2 fully saturated rings. The summed E-state index contributed by atoms with van der Waals surface area (Å²) < 4.78 is 0. The van der Waals surface area contributed by atoms with Crippen molar-refractivity contribution in [2.45, 2.75) is 64.8 Å². The summed E-state index contributed by atoms with van der Waals surface area (Å²) in [5.74, 6) is 0.358. The molecule has 2 heterocycles. The maximum Gasteiger partial charge on any atom is 0.239 e. The van der Waals surface area contributed by atoms with E-state index in [-0.39, 0.29) is 6.04 Å². The van der Waals surface area contributed by atoms with Crippen LogP contribution in [-0.2, 0) is 4.79 Å². The molecule has 0 aliphatic carbocycles. The van der Waals surface area contributed by atoms with E-state index in [0.29, 0.717) is 11.3 Å². The number of hydrogen-bond acceptors (Lipinski definition) is 2. The standard InChI is InChI=1S/C15H28N2O/c1-3-8-15(2)9-6-11-17(12-15)14(18)13-7-4-5-10-16-13/h13,16H,3-12H2,1-2H3. The highest BCUT2D eigenvalue weighted by atomic mass is 16.2. The monoisotopic (exact) mass is 252 g/mol. The average molecular weight is 252 g/mol. The van der Waals surface area contributed by atoms with Gasteiger partial charge < -0.3 is 10.2 Å². The highest BCUT2D eigenvalue weighted by Gasteiger charge is 2.34. The second kappa shape index (κ2) is 6.05. The lowest BCUT2D eigenvalue weighted by atomic mass is 9.78. The van der Waals surface area contributed by atoms with E-state index >= 15 is 0 Å². The molecule has 2 aliphatic rings. The Hall–Kier alpha value is -0.570. The highest BCUT2D eigenvalue weighted by Crippen LogP contribution is 2.34. The van der Waals surface area contributed by atoms with Crippen LogP contribution in [0.2, 0.25) is 0 Å². The van der Waals surface area contributed by atoms with Gasteiger partial charge in [-0.1, -0.05) is 26.7 Å². The van der Waals surface area contributed by atoms with Crippen LogP contribution in [0.3, 0.4) is 0 Å². The molecule has 1 amide bonds. The summed E-state index contributed by atoms with van der Waals surface area (Å²) in [6.07, 6.45) is 8.37. The van der Waals surface area contributed by atoms with Crippen LogP contribution in [0.15, 0.2) is 0 Å². The van der Waals surface area contributed by atoms with Crippen LogP contribution in [0, 0.1) is 5.41 Å². The first-order valence-corrected chi connectivity index (χ1v) is 7.67. The van der Waals surface area contributed by atoms with Gasteiger partial charge >= 0.3 is 0 Å². The predicted octanol–water partition coefficient (Wildman–Crippen LogP) is 2.56. The van der Waals surface area contributed by atoms with Gasteiger partial charge in [0.1, 0.15) is 0 Å². The minimum absolute atomic E-state index is 0.0997. The Morgan fingerprint density at radius 1 is 1.39 bits per heavy atom. The number of nitrogens with one attached hydrogen (secondary N) is 1.